The Morgan fingerprint density at radius 2 is 1.76 bits per heavy atom. The van der Waals surface area contributed by atoms with Gasteiger partial charge in [-0.1, -0.05) is 12.1 Å². The van der Waals surface area contributed by atoms with Gasteiger partial charge in [0.05, 0.1) is 20.6 Å². The molecule has 3 rings (SSSR count). The highest BCUT2D eigenvalue weighted by atomic mass is 16.5. The van der Waals surface area contributed by atoms with E-state index in [1.165, 1.54) is 0 Å². The van der Waals surface area contributed by atoms with Crippen molar-refractivity contribution in [3.63, 3.8) is 0 Å². The van der Waals surface area contributed by atoms with Crippen LogP contribution in [0.15, 0.2) is 36.5 Å². The predicted molar refractivity (Wildman–Crippen MR) is 94.1 cm³/mol. The Hall–Kier alpha value is -2.83. The number of piperazine rings is 1. The Morgan fingerprint density at radius 3 is 2.40 bits per heavy atom. The van der Waals surface area contributed by atoms with Gasteiger partial charge in [0.15, 0.2) is 0 Å². The van der Waals surface area contributed by atoms with Crippen LogP contribution in [0.2, 0.25) is 0 Å². The van der Waals surface area contributed by atoms with Crippen molar-refractivity contribution in [3.05, 3.63) is 42.1 Å². The Kier molecular flexibility index (Phi) is 5.33. The van der Waals surface area contributed by atoms with E-state index in [-0.39, 0.29) is 5.91 Å². The van der Waals surface area contributed by atoms with Gasteiger partial charge in [-0.25, -0.2) is 4.98 Å². The van der Waals surface area contributed by atoms with Gasteiger partial charge in [-0.15, -0.1) is 0 Å². The first kappa shape index (κ1) is 17.0. The number of anilines is 1. The van der Waals surface area contributed by atoms with Gasteiger partial charge in [-0.3, -0.25) is 4.79 Å². The van der Waals surface area contributed by atoms with Crippen molar-refractivity contribution in [3.8, 4) is 11.6 Å². The highest BCUT2D eigenvalue weighted by Crippen LogP contribution is 2.16. The second kappa shape index (κ2) is 7.83. The summed E-state index contributed by atoms with van der Waals surface area (Å²) in [6.45, 7) is 2.74. The Morgan fingerprint density at radius 1 is 1.04 bits per heavy atom. The third kappa shape index (κ3) is 4.17. The van der Waals surface area contributed by atoms with E-state index in [0.29, 0.717) is 44.4 Å². The van der Waals surface area contributed by atoms with Crippen LogP contribution in [-0.4, -0.2) is 61.2 Å². The number of benzene rings is 1. The minimum atomic E-state index is 0.136. The summed E-state index contributed by atoms with van der Waals surface area (Å²) in [7, 11) is 3.22. The SMILES string of the molecule is COc1ccc(CC(=O)N2CCN(c3nccc(OC)n3)CC2)cc1. The molecule has 1 amide bonds. The van der Waals surface area contributed by atoms with Crippen LogP contribution in [0.4, 0.5) is 5.95 Å². The molecule has 2 heterocycles. The van der Waals surface area contributed by atoms with Crippen LogP contribution in [0.1, 0.15) is 5.56 Å². The molecule has 1 aromatic carbocycles. The lowest BCUT2D eigenvalue weighted by Gasteiger charge is -2.34. The molecule has 7 heteroatoms. The molecule has 132 valence electrons. The average molecular weight is 342 g/mol. The molecule has 0 bridgehead atoms. The zero-order valence-corrected chi connectivity index (χ0v) is 14.5. The van der Waals surface area contributed by atoms with Gasteiger partial charge in [0.1, 0.15) is 5.75 Å². The second-order valence-electron chi connectivity index (χ2n) is 5.79. The van der Waals surface area contributed by atoms with E-state index < -0.39 is 0 Å². The molecule has 0 unspecified atom stereocenters. The molecule has 25 heavy (non-hydrogen) atoms. The van der Waals surface area contributed by atoms with Crippen molar-refractivity contribution in [2.75, 3.05) is 45.3 Å². The fourth-order valence-electron chi connectivity index (χ4n) is 2.78. The van der Waals surface area contributed by atoms with Crippen LogP contribution in [0.3, 0.4) is 0 Å². The Balaban J connectivity index is 1.54. The first-order valence-corrected chi connectivity index (χ1v) is 8.22. The van der Waals surface area contributed by atoms with Gasteiger partial charge in [0.2, 0.25) is 17.7 Å². The Labute approximate surface area is 147 Å². The molecule has 1 aliphatic rings. The Bertz CT molecular complexity index is 713. The first-order chi connectivity index (χ1) is 12.2. The van der Waals surface area contributed by atoms with Gasteiger partial charge < -0.3 is 19.3 Å². The summed E-state index contributed by atoms with van der Waals surface area (Å²) >= 11 is 0. The molecule has 1 aliphatic heterocycles. The quantitative estimate of drug-likeness (QED) is 0.818. The molecule has 1 aromatic heterocycles. The lowest BCUT2D eigenvalue weighted by Crippen LogP contribution is -2.49. The molecule has 0 radical (unpaired) electrons. The van der Waals surface area contributed by atoms with E-state index in [9.17, 15) is 4.79 Å². The van der Waals surface area contributed by atoms with Gasteiger partial charge in [-0.05, 0) is 17.7 Å². The van der Waals surface area contributed by atoms with E-state index in [0.717, 1.165) is 11.3 Å². The number of nitrogens with zero attached hydrogens (tertiary/aromatic N) is 4. The number of rotatable bonds is 5. The average Bonchev–Trinajstić information content (AvgIpc) is 2.68. The van der Waals surface area contributed by atoms with E-state index in [2.05, 4.69) is 14.9 Å². The number of amides is 1. The molecular weight excluding hydrogens is 320 g/mol. The van der Waals surface area contributed by atoms with Crippen LogP contribution < -0.4 is 14.4 Å². The van der Waals surface area contributed by atoms with Gasteiger partial charge in [0, 0.05) is 38.4 Å². The molecule has 7 nitrogen and oxygen atoms in total. The van der Waals surface area contributed by atoms with Crippen molar-refractivity contribution < 1.29 is 14.3 Å². The van der Waals surface area contributed by atoms with Crippen LogP contribution >= 0.6 is 0 Å². The molecule has 0 spiro atoms. The molecule has 0 N–H and O–H groups in total. The largest absolute Gasteiger partial charge is 0.497 e. The zero-order chi connectivity index (χ0) is 17.6. The van der Waals surface area contributed by atoms with Gasteiger partial charge >= 0.3 is 0 Å². The number of carbonyl (C=O) groups is 1. The van der Waals surface area contributed by atoms with Crippen LogP contribution in [0, 0.1) is 0 Å². The zero-order valence-electron chi connectivity index (χ0n) is 14.5. The topological polar surface area (TPSA) is 67.8 Å². The van der Waals surface area contributed by atoms with E-state index >= 15 is 0 Å². The van der Waals surface area contributed by atoms with Crippen LogP contribution in [-0.2, 0) is 11.2 Å². The number of hydrogen-bond acceptors (Lipinski definition) is 6. The van der Waals surface area contributed by atoms with Crippen molar-refractivity contribution >= 4 is 11.9 Å². The van der Waals surface area contributed by atoms with Crippen molar-refractivity contribution in [1.29, 1.82) is 0 Å². The predicted octanol–water partition coefficient (Wildman–Crippen LogP) is 1.39. The van der Waals surface area contributed by atoms with E-state index in [1.54, 1.807) is 26.5 Å². The van der Waals surface area contributed by atoms with Crippen molar-refractivity contribution in [2.45, 2.75) is 6.42 Å². The summed E-state index contributed by atoms with van der Waals surface area (Å²) in [6.07, 6.45) is 2.09. The van der Waals surface area contributed by atoms with Gasteiger partial charge in [0.25, 0.3) is 0 Å². The lowest BCUT2D eigenvalue weighted by atomic mass is 10.1. The lowest BCUT2D eigenvalue weighted by molar-refractivity contribution is -0.130. The van der Waals surface area contributed by atoms with Gasteiger partial charge in [-0.2, -0.15) is 4.98 Å². The summed E-state index contributed by atoms with van der Waals surface area (Å²) < 4.78 is 10.3. The molecule has 0 saturated carbocycles. The van der Waals surface area contributed by atoms with Crippen molar-refractivity contribution in [1.82, 2.24) is 14.9 Å². The number of carbonyl (C=O) groups excluding carboxylic acids is 1. The monoisotopic (exact) mass is 342 g/mol. The molecular formula is C18H22N4O3. The summed E-state index contributed by atoms with van der Waals surface area (Å²) in [6, 6.07) is 9.33. The summed E-state index contributed by atoms with van der Waals surface area (Å²) in [5.74, 6) is 2.11. The van der Waals surface area contributed by atoms with E-state index in [1.807, 2.05) is 29.2 Å². The minimum Gasteiger partial charge on any atom is -0.497 e. The number of hydrogen-bond donors (Lipinski definition) is 0. The molecule has 0 aliphatic carbocycles. The van der Waals surface area contributed by atoms with E-state index in [4.69, 9.17) is 9.47 Å². The fourth-order valence-corrected chi connectivity index (χ4v) is 2.78. The smallest absolute Gasteiger partial charge is 0.228 e. The standard InChI is InChI=1S/C18H22N4O3/c1-24-15-5-3-14(4-6-15)13-17(23)21-9-11-22(12-10-21)18-19-8-7-16(20-18)25-2/h3-8H,9-13H2,1-2H3. The van der Waals surface area contributed by atoms with Crippen LogP contribution in [0.5, 0.6) is 11.6 Å². The molecule has 1 saturated heterocycles. The fraction of sp³-hybridized carbons (Fsp3) is 0.389. The number of methoxy groups -OCH3 is 2. The first-order valence-electron chi connectivity index (χ1n) is 8.22. The normalized spacial score (nSPS) is 14.3. The molecule has 0 atom stereocenters. The highest BCUT2D eigenvalue weighted by Gasteiger charge is 2.22. The molecule has 1 fully saturated rings. The summed E-state index contributed by atoms with van der Waals surface area (Å²) in [5.41, 5.74) is 0.990. The maximum atomic E-state index is 12.5. The highest BCUT2D eigenvalue weighted by molar-refractivity contribution is 5.79. The van der Waals surface area contributed by atoms with Crippen molar-refractivity contribution in [2.24, 2.45) is 0 Å². The summed E-state index contributed by atoms with van der Waals surface area (Å²) in [4.78, 5) is 25.1. The third-order valence-electron chi connectivity index (χ3n) is 4.26. The minimum absolute atomic E-state index is 0.136. The molecule has 2 aromatic rings. The number of aromatic nitrogens is 2. The number of ether oxygens (including phenoxy) is 2. The maximum Gasteiger partial charge on any atom is 0.228 e. The maximum absolute atomic E-state index is 12.5. The third-order valence-corrected chi connectivity index (χ3v) is 4.26. The van der Waals surface area contributed by atoms with Crippen LogP contribution in [0.25, 0.3) is 0 Å². The summed E-state index contributed by atoms with van der Waals surface area (Å²) in [5, 5.41) is 0. The second-order valence-corrected chi connectivity index (χ2v) is 5.79.